The van der Waals surface area contributed by atoms with Gasteiger partial charge in [0.25, 0.3) is 0 Å². The molecule has 14 N–H and O–H groups in total. The Morgan fingerprint density at radius 2 is 1.13 bits per heavy atom. The lowest BCUT2D eigenvalue weighted by Gasteiger charge is -2.29. The van der Waals surface area contributed by atoms with Gasteiger partial charge in [-0.1, -0.05) is 92.1 Å². The average molecular weight is 1020 g/mol. The van der Waals surface area contributed by atoms with E-state index >= 15 is 0 Å². The lowest BCUT2D eigenvalue weighted by Crippen LogP contribution is -2.61. The van der Waals surface area contributed by atoms with E-state index in [1.54, 1.807) is 58.0 Å². The van der Waals surface area contributed by atoms with Crippen LogP contribution < -0.4 is 54.0 Å². The maximum atomic E-state index is 14.1. The summed E-state index contributed by atoms with van der Waals surface area (Å²) < 4.78 is 0. The number of rotatable bonds is 34. The maximum Gasteiger partial charge on any atom is 0.326 e. The molecule has 71 heavy (non-hydrogen) atoms. The molecule has 10 atom stereocenters. The molecule has 402 valence electrons. The monoisotopic (exact) mass is 1020 g/mol. The van der Waals surface area contributed by atoms with Crippen LogP contribution in [-0.2, 0) is 49.6 Å². The van der Waals surface area contributed by atoms with Gasteiger partial charge < -0.3 is 64.2 Å². The van der Waals surface area contributed by atoms with Crippen LogP contribution in [0.4, 0.5) is 0 Å². The Balaban J connectivity index is 3.26. The van der Waals surface area contributed by atoms with Gasteiger partial charge >= 0.3 is 5.97 Å². The van der Waals surface area contributed by atoms with E-state index in [0.717, 1.165) is 0 Å². The number of nitrogens with two attached hydrogens (primary N) is 2. The Morgan fingerprint density at radius 1 is 0.606 bits per heavy atom. The van der Waals surface area contributed by atoms with Gasteiger partial charge in [0.15, 0.2) is 0 Å². The Labute approximate surface area is 423 Å². The molecule has 0 radical (unpaired) electrons. The highest BCUT2D eigenvalue weighted by Crippen LogP contribution is 2.14. The fourth-order valence-electron chi connectivity index (χ4n) is 7.32. The molecule has 0 aliphatic heterocycles. The van der Waals surface area contributed by atoms with Crippen molar-refractivity contribution in [2.24, 2.45) is 35.1 Å². The van der Waals surface area contributed by atoms with Gasteiger partial charge in [0.2, 0.25) is 47.3 Å². The number of aliphatic hydroxyl groups is 1. The largest absolute Gasteiger partial charge is 0.480 e. The first-order chi connectivity index (χ1) is 33.4. The fraction of sp³-hybridized carbons (Fsp3) is 0.694. The van der Waals surface area contributed by atoms with E-state index in [-0.39, 0.29) is 37.5 Å². The van der Waals surface area contributed by atoms with Crippen molar-refractivity contribution in [1.82, 2.24) is 42.5 Å². The smallest absolute Gasteiger partial charge is 0.326 e. The van der Waals surface area contributed by atoms with Crippen molar-refractivity contribution < 1.29 is 53.4 Å². The predicted molar refractivity (Wildman–Crippen MR) is 273 cm³/mol. The Bertz CT molecular complexity index is 1870. The highest BCUT2D eigenvalue weighted by atomic mass is 32.2. The molecule has 8 amide bonds. The van der Waals surface area contributed by atoms with Gasteiger partial charge in [0.05, 0.1) is 18.7 Å². The summed E-state index contributed by atoms with van der Waals surface area (Å²) in [5, 5.41) is 41.2. The molecule has 1 aromatic carbocycles. The standard InChI is InChI=1S/C49H84N10O11S/c1-11-30(8)40(48(68)55-36(25-32-17-13-12-14-18-32)45(65)54-35(23-27(2)3)44(64)56-37(49(69)70)24-28(4)5)57-38(61)26-52-46(66)41(31(9)60)59-47(67)39(29(6)7)58-43(63)34(19-15-16-21-50)53-42(62)33(51)20-22-71-10/h12-14,17-18,27-31,33-37,39-41,60H,11,15-16,19-26,50-51H2,1-10H3,(H,52,66)(H,53,62)(H,54,65)(H,55,68)(H,56,64)(H,57,61)(H,58,63)(H,59,67)(H,69,70)/t30-,31+,33-,34-,35-,36-,37-,39-,40-,41-/m0/s1. The van der Waals surface area contributed by atoms with E-state index in [1.165, 1.54) is 18.7 Å². The van der Waals surface area contributed by atoms with Crippen LogP contribution in [0.3, 0.4) is 0 Å². The molecule has 22 heteroatoms. The molecule has 0 unspecified atom stereocenters. The number of carbonyl (C=O) groups is 9. The molecule has 0 bridgehead atoms. The second-order valence-electron chi connectivity index (χ2n) is 19.3. The second-order valence-corrected chi connectivity index (χ2v) is 20.3. The molecule has 1 aromatic rings. The van der Waals surface area contributed by atoms with Crippen LogP contribution in [0.1, 0.15) is 113 Å². The number of carboxylic acid groups (broad SMARTS) is 1. The minimum Gasteiger partial charge on any atom is -0.480 e. The minimum absolute atomic E-state index is 0.0102. The molecule has 0 aliphatic rings. The van der Waals surface area contributed by atoms with Crippen LogP contribution in [0, 0.1) is 23.7 Å². The van der Waals surface area contributed by atoms with Gasteiger partial charge in [0.1, 0.15) is 42.3 Å². The van der Waals surface area contributed by atoms with Crippen molar-refractivity contribution in [3.63, 3.8) is 0 Å². The number of thioether (sulfide) groups is 1. The molecule has 1 rings (SSSR count). The van der Waals surface area contributed by atoms with E-state index < -0.39 is 126 Å². The third kappa shape index (κ3) is 24.1. The zero-order chi connectivity index (χ0) is 54.0. The normalized spacial score (nSPS) is 15.6. The molecule has 0 saturated heterocycles. The maximum absolute atomic E-state index is 14.1. The van der Waals surface area contributed by atoms with Crippen LogP contribution in [0.5, 0.6) is 0 Å². The van der Waals surface area contributed by atoms with E-state index in [4.69, 9.17) is 11.5 Å². The number of benzene rings is 1. The summed E-state index contributed by atoms with van der Waals surface area (Å²) in [7, 11) is 0. The number of aliphatic carboxylic acids is 1. The fourth-order valence-corrected chi connectivity index (χ4v) is 7.81. The molecule has 0 fully saturated rings. The highest BCUT2D eigenvalue weighted by Gasteiger charge is 2.36. The lowest BCUT2D eigenvalue weighted by atomic mass is 9.96. The molecular formula is C49H84N10O11S. The third-order valence-electron chi connectivity index (χ3n) is 11.7. The summed E-state index contributed by atoms with van der Waals surface area (Å²) in [6.07, 6.45) is 2.79. The molecule has 0 heterocycles. The van der Waals surface area contributed by atoms with Crippen molar-refractivity contribution in [2.45, 2.75) is 168 Å². The summed E-state index contributed by atoms with van der Waals surface area (Å²) in [5.74, 6) is -7.67. The van der Waals surface area contributed by atoms with Crippen molar-refractivity contribution >= 4 is 65.0 Å². The van der Waals surface area contributed by atoms with Crippen molar-refractivity contribution in [3.8, 4) is 0 Å². The van der Waals surface area contributed by atoms with Crippen LogP contribution in [0.25, 0.3) is 0 Å². The SMILES string of the molecule is CC[C@H](C)[C@H](NC(=O)CNC(=O)[C@@H](NC(=O)[C@@H](NC(=O)[C@H](CCCCN)NC(=O)[C@@H](N)CCSC)C(C)C)[C@@H](C)O)C(=O)N[C@@H](Cc1ccccc1)C(=O)N[C@@H](CC(C)C)C(=O)N[C@@H](CC(C)C)C(=O)O. The van der Waals surface area contributed by atoms with E-state index in [9.17, 15) is 53.4 Å². The summed E-state index contributed by atoms with van der Waals surface area (Å²) in [5.41, 5.74) is 12.4. The number of carboxylic acids is 1. The zero-order valence-electron chi connectivity index (χ0n) is 43.3. The van der Waals surface area contributed by atoms with E-state index in [0.29, 0.717) is 43.5 Å². The van der Waals surface area contributed by atoms with Gasteiger partial charge in [0, 0.05) is 6.42 Å². The number of unbranched alkanes of at least 4 members (excludes halogenated alkanes) is 1. The number of amides is 8. The summed E-state index contributed by atoms with van der Waals surface area (Å²) >= 11 is 1.52. The summed E-state index contributed by atoms with van der Waals surface area (Å²) in [4.78, 5) is 121. The van der Waals surface area contributed by atoms with Crippen molar-refractivity contribution in [3.05, 3.63) is 35.9 Å². The topological polar surface area (TPSA) is 342 Å². The zero-order valence-corrected chi connectivity index (χ0v) is 44.1. The van der Waals surface area contributed by atoms with Gasteiger partial charge in [-0.15, -0.1) is 0 Å². The van der Waals surface area contributed by atoms with Crippen LogP contribution in [-0.4, -0.2) is 143 Å². The van der Waals surface area contributed by atoms with E-state index in [1.807, 2.05) is 34.0 Å². The van der Waals surface area contributed by atoms with Crippen LogP contribution in [0.15, 0.2) is 30.3 Å². The summed E-state index contributed by atoms with van der Waals surface area (Å²) in [6, 6.07) is -0.747. The van der Waals surface area contributed by atoms with Gasteiger partial charge in [-0.2, -0.15) is 11.8 Å². The first-order valence-corrected chi connectivity index (χ1v) is 26.0. The Kier molecular flexibility index (Phi) is 29.9. The number of nitrogens with one attached hydrogen (secondary N) is 8. The first kappa shape index (κ1) is 63.7. The lowest BCUT2D eigenvalue weighted by molar-refractivity contribution is -0.143. The average Bonchev–Trinajstić information content (AvgIpc) is 3.30. The molecule has 0 aliphatic carbocycles. The van der Waals surface area contributed by atoms with Gasteiger partial charge in [-0.3, -0.25) is 38.4 Å². The molecular weight excluding hydrogens is 937 g/mol. The second kappa shape index (κ2) is 33.4. The first-order valence-electron chi connectivity index (χ1n) is 24.7. The minimum atomic E-state index is -1.60. The molecule has 21 nitrogen and oxygen atoms in total. The number of carbonyl (C=O) groups excluding carboxylic acids is 8. The predicted octanol–water partition coefficient (Wildman–Crippen LogP) is 0.208. The van der Waals surface area contributed by atoms with Gasteiger partial charge in [-0.25, -0.2) is 4.79 Å². The number of hydrogen-bond donors (Lipinski definition) is 12. The Hall–Kier alpha value is -5.32. The van der Waals surface area contributed by atoms with Crippen molar-refractivity contribution in [2.75, 3.05) is 25.1 Å². The van der Waals surface area contributed by atoms with Crippen molar-refractivity contribution in [1.29, 1.82) is 0 Å². The Morgan fingerprint density at radius 3 is 1.66 bits per heavy atom. The quantitative estimate of drug-likeness (QED) is 0.0411. The van der Waals surface area contributed by atoms with Crippen LogP contribution in [0.2, 0.25) is 0 Å². The highest BCUT2D eigenvalue weighted by molar-refractivity contribution is 7.98. The molecule has 0 saturated carbocycles. The number of aliphatic hydroxyl groups excluding tert-OH is 1. The third-order valence-corrected chi connectivity index (χ3v) is 12.3. The number of hydrogen-bond acceptors (Lipinski definition) is 13. The van der Waals surface area contributed by atoms with E-state index in [2.05, 4.69) is 42.5 Å². The molecule has 0 aromatic heterocycles. The van der Waals surface area contributed by atoms with Crippen LogP contribution >= 0.6 is 11.8 Å². The van der Waals surface area contributed by atoms with Gasteiger partial charge in [-0.05, 0) is 93.2 Å². The summed E-state index contributed by atoms with van der Waals surface area (Å²) in [6.45, 7) is 15.0. The molecule has 0 spiro atoms.